The molecule has 108 valence electrons. The number of rotatable bonds is 3. The molecule has 2 aliphatic heterocycles. The molecule has 19 heavy (non-hydrogen) atoms. The second-order valence-electron chi connectivity index (χ2n) is 5.56. The molecular formula is C13H24N4O2. The van der Waals surface area contributed by atoms with Crippen LogP contribution in [-0.2, 0) is 4.79 Å². The van der Waals surface area contributed by atoms with E-state index in [-0.39, 0.29) is 11.9 Å². The molecule has 2 aliphatic rings. The first-order chi connectivity index (χ1) is 9.09. The fourth-order valence-electron chi connectivity index (χ4n) is 3.41. The second kappa shape index (κ2) is 6.34. The van der Waals surface area contributed by atoms with Gasteiger partial charge in [0, 0.05) is 6.04 Å². The number of nitrogens with one attached hydrogen (secondary N) is 2. The van der Waals surface area contributed by atoms with Crippen molar-refractivity contribution in [1.29, 1.82) is 0 Å². The zero-order valence-corrected chi connectivity index (χ0v) is 11.5. The molecule has 0 radical (unpaired) electrons. The number of nitrogens with two attached hydrogens (primary N) is 1. The molecule has 0 bridgehead atoms. The van der Waals surface area contributed by atoms with Crippen LogP contribution in [0, 0.1) is 5.92 Å². The van der Waals surface area contributed by atoms with Gasteiger partial charge in [0.1, 0.15) is 0 Å². The SMILES string of the molecule is CC(C(=O)NC(N)=O)N1CCCC1C1CCNCC1. The van der Waals surface area contributed by atoms with E-state index in [0.717, 1.165) is 32.5 Å². The van der Waals surface area contributed by atoms with E-state index in [1.165, 1.54) is 12.8 Å². The molecule has 4 N–H and O–H groups in total. The molecule has 2 heterocycles. The molecule has 2 unspecified atom stereocenters. The zero-order valence-electron chi connectivity index (χ0n) is 11.5. The lowest BCUT2D eigenvalue weighted by Crippen LogP contribution is -2.52. The molecule has 2 saturated heterocycles. The van der Waals surface area contributed by atoms with Crippen molar-refractivity contribution in [1.82, 2.24) is 15.5 Å². The lowest BCUT2D eigenvalue weighted by Gasteiger charge is -2.36. The molecule has 0 aromatic rings. The largest absolute Gasteiger partial charge is 0.351 e. The van der Waals surface area contributed by atoms with Crippen LogP contribution >= 0.6 is 0 Å². The van der Waals surface area contributed by atoms with Gasteiger partial charge in [-0.15, -0.1) is 0 Å². The fraction of sp³-hybridized carbons (Fsp3) is 0.846. The first-order valence-electron chi connectivity index (χ1n) is 7.16. The Morgan fingerprint density at radius 3 is 2.63 bits per heavy atom. The molecular weight excluding hydrogens is 244 g/mol. The zero-order chi connectivity index (χ0) is 13.8. The third-order valence-corrected chi connectivity index (χ3v) is 4.39. The Morgan fingerprint density at radius 1 is 1.32 bits per heavy atom. The highest BCUT2D eigenvalue weighted by atomic mass is 16.2. The van der Waals surface area contributed by atoms with Crippen molar-refractivity contribution in [3.05, 3.63) is 0 Å². The number of carbonyl (C=O) groups is 2. The fourth-order valence-corrected chi connectivity index (χ4v) is 3.41. The molecule has 6 heteroatoms. The molecule has 3 amide bonds. The topological polar surface area (TPSA) is 87.5 Å². The summed E-state index contributed by atoms with van der Waals surface area (Å²) >= 11 is 0. The molecule has 0 aromatic carbocycles. The van der Waals surface area contributed by atoms with Gasteiger partial charge in [-0.05, 0) is 58.2 Å². The first-order valence-corrected chi connectivity index (χ1v) is 7.16. The number of imide groups is 1. The van der Waals surface area contributed by atoms with Crippen molar-refractivity contribution in [2.24, 2.45) is 11.7 Å². The van der Waals surface area contributed by atoms with Crippen LogP contribution in [0.2, 0.25) is 0 Å². The Bertz CT molecular complexity index is 342. The average molecular weight is 268 g/mol. The van der Waals surface area contributed by atoms with Crippen molar-refractivity contribution in [2.75, 3.05) is 19.6 Å². The number of piperidine rings is 1. The van der Waals surface area contributed by atoms with Crippen molar-refractivity contribution >= 4 is 11.9 Å². The van der Waals surface area contributed by atoms with E-state index in [0.29, 0.717) is 12.0 Å². The van der Waals surface area contributed by atoms with Crippen LogP contribution < -0.4 is 16.4 Å². The van der Waals surface area contributed by atoms with E-state index < -0.39 is 6.03 Å². The normalized spacial score (nSPS) is 27.1. The maximum absolute atomic E-state index is 11.9. The minimum absolute atomic E-state index is 0.283. The van der Waals surface area contributed by atoms with E-state index in [1.54, 1.807) is 0 Å². The molecule has 2 atom stereocenters. The van der Waals surface area contributed by atoms with E-state index in [2.05, 4.69) is 15.5 Å². The van der Waals surface area contributed by atoms with Crippen LogP contribution in [0.25, 0.3) is 0 Å². The summed E-state index contributed by atoms with van der Waals surface area (Å²) in [4.78, 5) is 24.9. The Hall–Kier alpha value is -1.14. The minimum Gasteiger partial charge on any atom is -0.351 e. The lowest BCUT2D eigenvalue weighted by atomic mass is 9.88. The van der Waals surface area contributed by atoms with Crippen LogP contribution in [0.4, 0.5) is 4.79 Å². The lowest BCUT2D eigenvalue weighted by molar-refractivity contribution is -0.125. The summed E-state index contributed by atoms with van der Waals surface area (Å²) in [5, 5.41) is 5.56. The number of nitrogens with zero attached hydrogens (tertiary/aromatic N) is 1. The Balaban J connectivity index is 1.97. The maximum Gasteiger partial charge on any atom is 0.318 e. The summed E-state index contributed by atoms with van der Waals surface area (Å²) < 4.78 is 0. The van der Waals surface area contributed by atoms with Crippen molar-refractivity contribution in [3.63, 3.8) is 0 Å². The second-order valence-corrected chi connectivity index (χ2v) is 5.56. The summed E-state index contributed by atoms with van der Waals surface area (Å²) in [6.07, 6.45) is 4.62. The van der Waals surface area contributed by atoms with Crippen molar-refractivity contribution < 1.29 is 9.59 Å². The van der Waals surface area contributed by atoms with Crippen LogP contribution in [0.5, 0.6) is 0 Å². The van der Waals surface area contributed by atoms with Gasteiger partial charge in [0.05, 0.1) is 6.04 Å². The summed E-state index contributed by atoms with van der Waals surface area (Å²) in [6.45, 7) is 4.92. The minimum atomic E-state index is -0.769. The molecule has 6 nitrogen and oxygen atoms in total. The molecule has 0 aromatic heterocycles. The van der Waals surface area contributed by atoms with Crippen LogP contribution in [0.15, 0.2) is 0 Å². The molecule has 2 rings (SSSR count). The summed E-state index contributed by atoms with van der Waals surface area (Å²) in [5.41, 5.74) is 5.01. The smallest absolute Gasteiger partial charge is 0.318 e. The molecule has 0 spiro atoms. The summed E-state index contributed by atoms with van der Waals surface area (Å²) in [7, 11) is 0. The van der Waals surface area contributed by atoms with E-state index >= 15 is 0 Å². The average Bonchev–Trinajstić information content (AvgIpc) is 2.87. The number of primary amides is 1. The summed E-state index contributed by atoms with van der Waals surface area (Å²) in [6, 6.07) is -0.583. The van der Waals surface area contributed by atoms with Gasteiger partial charge in [-0.3, -0.25) is 15.0 Å². The number of amides is 3. The third kappa shape index (κ3) is 3.45. The summed E-state index contributed by atoms with van der Waals surface area (Å²) in [5.74, 6) is 0.376. The Morgan fingerprint density at radius 2 is 2.00 bits per heavy atom. The molecule has 2 fully saturated rings. The Kier molecular flexibility index (Phi) is 4.76. The highest BCUT2D eigenvalue weighted by molar-refractivity contribution is 5.96. The monoisotopic (exact) mass is 268 g/mol. The van der Waals surface area contributed by atoms with Crippen LogP contribution in [-0.4, -0.2) is 48.6 Å². The van der Waals surface area contributed by atoms with E-state index in [9.17, 15) is 9.59 Å². The number of likely N-dealkylation sites (tertiary alicyclic amines) is 1. The van der Waals surface area contributed by atoms with Gasteiger partial charge < -0.3 is 11.1 Å². The van der Waals surface area contributed by atoms with Gasteiger partial charge in [-0.2, -0.15) is 0 Å². The number of hydrogen-bond donors (Lipinski definition) is 3. The van der Waals surface area contributed by atoms with Crippen LogP contribution in [0.1, 0.15) is 32.6 Å². The van der Waals surface area contributed by atoms with E-state index in [4.69, 9.17) is 5.73 Å². The highest BCUT2D eigenvalue weighted by Gasteiger charge is 2.37. The Labute approximate surface area is 114 Å². The standard InChI is InChI=1S/C13H24N4O2/c1-9(12(18)16-13(14)19)17-8-2-3-11(17)10-4-6-15-7-5-10/h9-11,15H,2-8H2,1H3,(H3,14,16,18,19). The van der Waals surface area contributed by atoms with Gasteiger partial charge in [0.25, 0.3) is 0 Å². The molecule has 0 aliphatic carbocycles. The van der Waals surface area contributed by atoms with Gasteiger partial charge in [-0.1, -0.05) is 0 Å². The quantitative estimate of drug-likeness (QED) is 0.674. The van der Waals surface area contributed by atoms with E-state index in [1.807, 2.05) is 6.92 Å². The third-order valence-electron chi connectivity index (χ3n) is 4.39. The van der Waals surface area contributed by atoms with Gasteiger partial charge in [0.2, 0.25) is 5.91 Å². The number of hydrogen-bond acceptors (Lipinski definition) is 4. The molecule has 0 saturated carbocycles. The highest BCUT2D eigenvalue weighted by Crippen LogP contribution is 2.30. The van der Waals surface area contributed by atoms with Crippen molar-refractivity contribution in [3.8, 4) is 0 Å². The van der Waals surface area contributed by atoms with Gasteiger partial charge >= 0.3 is 6.03 Å². The predicted molar refractivity (Wildman–Crippen MR) is 72.5 cm³/mol. The van der Waals surface area contributed by atoms with Gasteiger partial charge in [-0.25, -0.2) is 4.79 Å². The first kappa shape index (κ1) is 14.3. The number of urea groups is 1. The maximum atomic E-state index is 11.9. The van der Waals surface area contributed by atoms with Crippen LogP contribution in [0.3, 0.4) is 0 Å². The number of carbonyl (C=O) groups excluding carboxylic acids is 2. The predicted octanol–water partition coefficient (Wildman–Crippen LogP) is 0.0338. The van der Waals surface area contributed by atoms with Crippen molar-refractivity contribution in [2.45, 2.75) is 44.7 Å². The van der Waals surface area contributed by atoms with Gasteiger partial charge in [0.15, 0.2) is 0 Å².